The summed E-state index contributed by atoms with van der Waals surface area (Å²) in [6.45, 7) is 1.94. The van der Waals surface area contributed by atoms with Gasteiger partial charge >= 0.3 is 0 Å². The molecule has 0 radical (unpaired) electrons. The topological polar surface area (TPSA) is 38.3 Å². The number of ether oxygens (including phenoxy) is 1. The van der Waals surface area contributed by atoms with Gasteiger partial charge in [-0.25, -0.2) is 0 Å². The second-order valence-corrected chi connectivity index (χ2v) is 4.54. The number of halogens is 1. The van der Waals surface area contributed by atoms with E-state index in [1.165, 1.54) is 0 Å². The summed E-state index contributed by atoms with van der Waals surface area (Å²) >= 11 is 6.09. The van der Waals surface area contributed by atoms with Crippen LogP contribution < -0.4 is 10.1 Å². The zero-order valence-electron chi connectivity index (χ0n) is 10.7. The first-order valence-electron chi connectivity index (χ1n) is 5.81. The van der Waals surface area contributed by atoms with Crippen molar-refractivity contribution in [2.24, 2.45) is 0 Å². The summed E-state index contributed by atoms with van der Waals surface area (Å²) in [6, 6.07) is 10.9. The van der Waals surface area contributed by atoms with Crippen molar-refractivity contribution in [3.05, 3.63) is 52.5 Å². The summed E-state index contributed by atoms with van der Waals surface area (Å²) in [6.07, 6.45) is 0.792. The van der Waals surface area contributed by atoms with Crippen LogP contribution in [0.25, 0.3) is 0 Å². The summed E-state index contributed by atoms with van der Waals surface area (Å²) < 4.78 is 5.26. The molecule has 0 aliphatic heterocycles. The van der Waals surface area contributed by atoms with Crippen LogP contribution in [0.15, 0.2) is 36.4 Å². The SMILES string of the molecule is COc1cccc(C=O)c1Nc1ccc(C)c(Cl)c1. The van der Waals surface area contributed by atoms with Crippen LogP contribution in [0.2, 0.25) is 5.02 Å². The summed E-state index contributed by atoms with van der Waals surface area (Å²) in [4.78, 5) is 11.1. The zero-order chi connectivity index (χ0) is 13.8. The predicted molar refractivity (Wildman–Crippen MR) is 77.9 cm³/mol. The second kappa shape index (κ2) is 5.76. The van der Waals surface area contributed by atoms with E-state index >= 15 is 0 Å². The average molecular weight is 276 g/mol. The summed E-state index contributed by atoms with van der Waals surface area (Å²) in [5, 5.41) is 3.84. The molecule has 0 heterocycles. The molecule has 0 unspecified atom stereocenters. The number of methoxy groups -OCH3 is 1. The quantitative estimate of drug-likeness (QED) is 0.849. The molecule has 2 aromatic carbocycles. The van der Waals surface area contributed by atoms with Crippen LogP contribution in [0.4, 0.5) is 11.4 Å². The fraction of sp³-hybridized carbons (Fsp3) is 0.133. The van der Waals surface area contributed by atoms with E-state index in [0.29, 0.717) is 22.0 Å². The Morgan fingerprint density at radius 2 is 2.05 bits per heavy atom. The third-order valence-electron chi connectivity index (χ3n) is 2.85. The van der Waals surface area contributed by atoms with E-state index in [0.717, 1.165) is 17.5 Å². The van der Waals surface area contributed by atoms with Crippen LogP contribution in [0.1, 0.15) is 15.9 Å². The van der Waals surface area contributed by atoms with Gasteiger partial charge in [0.25, 0.3) is 0 Å². The Bertz CT molecular complexity index is 611. The van der Waals surface area contributed by atoms with Crippen LogP contribution in [-0.4, -0.2) is 13.4 Å². The molecule has 3 nitrogen and oxygen atoms in total. The average Bonchev–Trinajstić information content (AvgIpc) is 2.43. The number of hydrogen-bond acceptors (Lipinski definition) is 3. The van der Waals surface area contributed by atoms with Crippen LogP contribution in [0.5, 0.6) is 5.75 Å². The molecule has 2 rings (SSSR count). The smallest absolute Gasteiger partial charge is 0.152 e. The zero-order valence-corrected chi connectivity index (χ0v) is 11.5. The van der Waals surface area contributed by atoms with E-state index in [1.807, 2.05) is 25.1 Å². The van der Waals surface area contributed by atoms with E-state index < -0.39 is 0 Å². The van der Waals surface area contributed by atoms with Crippen molar-refractivity contribution >= 4 is 29.3 Å². The van der Waals surface area contributed by atoms with E-state index in [-0.39, 0.29) is 0 Å². The lowest BCUT2D eigenvalue weighted by Gasteiger charge is -2.13. The number of carbonyl (C=O) groups is 1. The Kier molecular flexibility index (Phi) is 4.07. The Morgan fingerprint density at radius 1 is 1.26 bits per heavy atom. The summed E-state index contributed by atoms with van der Waals surface area (Å²) in [5.74, 6) is 0.612. The molecule has 4 heteroatoms. The Hall–Kier alpha value is -2.00. The van der Waals surface area contributed by atoms with Gasteiger partial charge in [-0.05, 0) is 36.8 Å². The van der Waals surface area contributed by atoms with Crippen molar-refractivity contribution in [1.82, 2.24) is 0 Å². The van der Waals surface area contributed by atoms with Crippen molar-refractivity contribution in [1.29, 1.82) is 0 Å². The van der Waals surface area contributed by atoms with Crippen LogP contribution in [-0.2, 0) is 0 Å². The largest absolute Gasteiger partial charge is 0.495 e. The number of nitrogens with one attached hydrogen (secondary N) is 1. The number of carbonyl (C=O) groups excluding carboxylic acids is 1. The predicted octanol–water partition coefficient (Wildman–Crippen LogP) is 4.21. The molecular weight excluding hydrogens is 262 g/mol. The monoisotopic (exact) mass is 275 g/mol. The molecule has 98 valence electrons. The normalized spacial score (nSPS) is 10.1. The van der Waals surface area contributed by atoms with Gasteiger partial charge in [0.1, 0.15) is 5.75 Å². The van der Waals surface area contributed by atoms with Crippen LogP contribution in [0.3, 0.4) is 0 Å². The molecule has 0 aliphatic carbocycles. The summed E-state index contributed by atoms with van der Waals surface area (Å²) in [7, 11) is 1.57. The maximum absolute atomic E-state index is 11.1. The van der Waals surface area contributed by atoms with Gasteiger partial charge in [0.2, 0.25) is 0 Å². The minimum Gasteiger partial charge on any atom is -0.495 e. The lowest BCUT2D eigenvalue weighted by atomic mass is 10.1. The fourth-order valence-corrected chi connectivity index (χ4v) is 1.95. The number of aryl methyl sites for hydroxylation is 1. The van der Waals surface area contributed by atoms with Crippen molar-refractivity contribution in [3.63, 3.8) is 0 Å². The van der Waals surface area contributed by atoms with E-state index in [4.69, 9.17) is 16.3 Å². The molecule has 19 heavy (non-hydrogen) atoms. The van der Waals surface area contributed by atoms with Gasteiger partial charge in [0, 0.05) is 16.3 Å². The highest BCUT2D eigenvalue weighted by Gasteiger charge is 2.09. The van der Waals surface area contributed by atoms with Crippen molar-refractivity contribution in [2.45, 2.75) is 6.92 Å². The van der Waals surface area contributed by atoms with Crippen molar-refractivity contribution < 1.29 is 9.53 Å². The van der Waals surface area contributed by atoms with Gasteiger partial charge in [-0.3, -0.25) is 4.79 Å². The molecule has 0 saturated carbocycles. The first-order chi connectivity index (χ1) is 9.15. The number of anilines is 2. The lowest BCUT2D eigenvalue weighted by molar-refractivity contribution is 0.112. The maximum Gasteiger partial charge on any atom is 0.152 e. The molecule has 2 aromatic rings. The molecule has 0 aromatic heterocycles. The third kappa shape index (κ3) is 2.88. The molecule has 0 aliphatic rings. The number of aldehydes is 1. The molecule has 0 amide bonds. The van der Waals surface area contributed by atoms with Crippen molar-refractivity contribution in [2.75, 3.05) is 12.4 Å². The standard InChI is InChI=1S/C15H14ClNO2/c1-10-6-7-12(8-13(10)16)17-15-11(9-18)4-3-5-14(15)19-2/h3-9,17H,1-2H3. The Morgan fingerprint density at radius 3 is 2.68 bits per heavy atom. The van der Waals surface area contributed by atoms with Gasteiger partial charge in [0.15, 0.2) is 6.29 Å². The number of para-hydroxylation sites is 1. The highest BCUT2D eigenvalue weighted by Crippen LogP contribution is 2.31. The maximum atomic E-state index is 11.1. The van der Waals surface area contributed by atoms with Gasteiger partial charge in [-0.2, -0.15) is 0 Å². The third-order valence-corrected chi connectivity index (χ3v) is 3.25. The van der Waals surface area contributed by atoms with E-state index in [9.17, 15) is 4.79 Å². The molecule has 0 spiro atoms. The summed E-state index contributed by atoms with van der Waals surface area (Å²) in [5.41, 5.74) is 2.99. The highest BCUT2D eigenvalue weighted by atomic mass is 35.5. The van der Waals surface area contributed by atoms with Gasteiger partial charge < -0.3 is 10.1 Å². The minimum absolute atomic E-state index is 0.538. The first kappa shape index (κ1) is 13.4. The van der Waals surface area contributed by atoms with Gasteiger partial charge in [-0.1, -0.05) is 23.7 Å². The highest BCUT2D eigenvalue weighted by molar-refractivity contribution is 6.31. The number of benzene rings is 2. The van der Waals surface area contributed by atoms with Gasteiger partial charge in [0.05, 0.1) is 12.8 Å². The van der Waals surface area contributed by atoms with E-state index in [2.05, 4.69) is 5.32 Å². The number of hydrogen-bond donors (Lipinski definition) is 1. The first-order valence-corrected chi connectivity index (χ1v) is 6.19. The Balaban J connectivity index is 2.41. The Labute approximate surface area is 117 Å². The molecule has 0 saturated heterocycles. The van der Waals surface area contributed by atoms with Crippen LogP contribution in [0, 0.1) is 6.92 Å². The van der Waals surface area contributed by atoms with Crippen molar-refractivity contribution in [3.8, 4) is 5.75 Å². The number of rotatable bonds is 4. The second-order valence-electron chi connectivity index (χ2n) is 4.13. The van der Waals surface area contributed by atoms with E-state index in [1.54, 1.807) is 25.3 Å². The van der Waals surface area contributed by atoms with Gasteiger partial charge in [-0.15, -0.1) is 0 Å². The molecule has 1 N–H and O–H groups in total. The fourth-order valence-electron chi connectivity index (χ4n) is 1.77. The molecule has 0 atom stereocenters. The lowest BCUT2D eigenvalue weighted by Crippen LogP contribution is -1.99. The molecular formula is C15H14ClNO2. The minimum atomic E-state index is 0.538. The molecule has 0 fully saturated rings. The van der Waals surface area contributed by atoms with Crippen LogP contribution >= 0.6 is 11.6 Å². The molecule has 0 bridgehead atoms.